The number of hydrogen-bond donors (Lipinski definition) is 2. The van der Waals surface area contributed by atoms with Crippen molar-refractivity contribution < 1.29 is 18.0 Å². The van der Waals surface area contributed by atoms with E-state index in [1.54, 1.807) is 23.1 Å². The number of amides is 2. The van der Waals surface area contributed by atoms with Crippen molar-refractivity contribution in [3.8, 4) is 0 Å². The smallest absolute Gasteiger partial charge is 0.285 e. The van der Waals surface area contributed by atoms with E-state index >= 15 is 0 Å². The topological polar surface area (TPSA) is 108 Å². The number of amidine groups is 1. The number of hydrogen-bond acceptors (Lipinski definition) is 5. The molecule has 0 radical (unpaired) electrons. The van der Waals surface area contributed by atoms with Gasteiger partial charge in [-0.2, -0.15) is 8.42 Å². The number of nitrogens with zero attached hydrogens (tertiary/aromatic N) is 2. The van der Waals surface area contributed by atoms with Gasteiger partial charge in [0.15, 0.2) is 5.84 Å². The maximum Gasteiger partial charge on any atom is 0.285 e. The molecule has 0 aromatic heterocycles. The largest absolute Gasteiger partial charge is 0.345 e. The first kappa shape index (κ1) is 21.0. The fraction of sp³-hybridized carbons (Fsp3) is 0.318. The summed E-state index contributed by atoms with van der Waals surface area (Å²) in [6, 6.07) is 13.6. The number of fused-ring (bicyclic) bond motifs is 1. The number of sulfonamides is 1. The van der Waals surface area contributed by atoms with E-state index in [1.807, 2.05) is 31.2 Å². The summed E-state index contributed by atoms with van der Waals surface area (Å²) < 4.78 is 28.7. The molecule has 2 aromatic rings. The molecule has 0 saturated carbocycles. The summed E-state index contributed by atoms with van der Waals surface area (Å²) in [6.07, 6.45) is 2.08. The third-order valence-corrected chi connectivity index (χ3v) is 6.86. The van der Waals surface area contributed by atoms with Crippen molar-refractivity contribution in [1.29, 1.82) is 0 Å². The average Bonchev–Trinajstić information content (AvgIpc) is 3.35. The Labute approximate surface area is 181 Å². The fourth-order valence-corrected chi connectivity index (χ4v) is 5.24. The Morgan fingerprint density at radius 2 is 1.87 bits per heavy atom. The molecule has 2 amide bonds. The summed E-state index contributed by atoms with van der Waals surface area (Å²) in [5.41, 5.74) is 2.26. The zero-order valence-corrected chi connectivity index (χ0v) is 18.0. The van der Waals surface area contributed by atoms with Gasteiger partial charge in [-0.3, -0.25) is 9.59 Å². The highest BCUT2D eigenvalue weighted by Crippen LogP contribution is 2.31. The van der Waals surface area contributed by atoms with Gasteiger partial charge < -0.3 is 15.5 Å². The molecule has 0 spiro atoms. The van der Waals surface area contributed by atoms with Crippen molar-refractivity contribution in [2.24, 2.45) is 4.40 Å². The van der Waals surface area contributed by atoms with Crippen molar-refractivity contribution in [2.75, 3.05) is 18.4 Å². The van der Waals surface area contributed by atoms with E-state index in [0.717, 1.165) is 24.1 Å². The molecule has 0 unspecified atom stereocenters. The number of carbonyl (C=O) groups excluding carboxylic acids is 2. The lowest BCUT2D eigenvalue weighted by Gasteiger charge is -2.25. The first-order valence-electron chi connectivity index (χ1n) is 10.3. The number of benzene rings is 2. The Morgan fingerprint density at radius 3 is 2.68 bits per heavy atom. The predicted molar refractivity (Wildman–Crippen MR) is 117 cm³/mol. The van der Waals surface area contributed by atoms with Crippen molar-refractivity contribution in [2.45, 2.75) is 37.1 Å². The minimum Gasteiger partial charge on any atom is -0.345 e. The minimum absolute atomic E-state index is 0.157. The second kappa shape index (κ2) is 8.50. The molecule has 0 bridgehead atoms. The van der Waals surface area contributed by atoms with Crippen LogP contribution in [0.3, 0.4) is 0 Å². The number of nitrogens with one attached hydrogen (secondary N) is 2. The van der Waals surface area contributed by atoms with Gasteiger partial charge in [-0.15, -0.1) is 4.40 Å². The SMILES string of the molecule is CCc1ccccc1NC(=O)CNC(=O)[C@@H]1CCCN1C1=NS(=O)(=O)c2ccccc21. The fourth-order valence-electron chi connectivity index (χ4n) is 4.02. The lowest BCUT2D eigenvalue weighted by molar-refractivity contribution is -0.126. The van der Waals surface area contributed by atoms with E-state index in [4.69, 9.17) is 0 Å². The molecular weight excluding hydrogens is 416 g/mol. The zero-order chi connectivity index (χ0) is 22.0. The monoisotopic (exact) mass is 440 g/mol. The molecule has 0 aliphatic carbocycles. The van der Waals surface area contributed by atoms with Gasteiger partial charge in [-0.05, 0) is 43.0 Å². The second-order valence-electron chi connectivity index (χ2n) is 7.51. The van der Waals surface area contributed by atoms with Crippen molar-refractivity contribution >= 4 is 33.4 Å². The van der Waals surface area contributed by atoms with Crippen LogP contribution in [0.4, 0.5) is 5.69 Å². The summed E-state index contributed by atoms with van der Waals surface area (Å²) in [5.74, 6) is -0.333. The third-order valence-electron chi connectivity index (χ3n) is 5.54. The molecule has 2 heterocycles. The van der Waals surface area contributed by atoms with Crippen LogP contribution in [0.15, 0.2) is 57.8 Å². The number of para-hydroxylation sites is 1. The van der Waals surface area contributed by atoms with Gasteiger partial charge >= 0.3 is 0 Å². The highest BCUT2D eigenvalue weighted by atomic mass is 32.2. The van der Waals surface area contributed by atoms with Gasteiger partial charge in [0.2, 0.25) is 11.8 Å². The van der Waals surface area contributed by atoms with Gasteiger partial charge in [-0.25, -0.2) is 0 Å². The minimum atomic E-state index is -3.76. The van der Waals surface area contributed by atoms with Crippen LogP contribution < -0.4 is 10.6 Å². The first-order chi connectivity index (χ1) is 14.9. The molecule has 8 nitrogen and oxygen atoms in total. The molecule has 31 heavy (non-hydrogen) atoms. The third kappa shape index (κ3) is 4.18. The number of likely N-dealkylation sites (tertiary alicyclic amines) is 1. The van der Waals surface area contributed by atoms with E-state index in [-0.39, 0.29) is 23.3 Å². The number of aryl methyl sites for hydroxylation is 1. The highest BCUT2D eigenvalue weighted by Gasteiger charge is 2.39. The molecule has 2 N–H and O–H groups in total. The average molecular weight is 441 g/mol. The Kier molecular flexibility index (Phi) is 5.77. The summed E-state index contributed by atoms with van der Waals surface area (Å²) in [5, 5.41) is 5.51. The van der Waals surface area contributed by atoms with Crippen LogP contribution in [0.1, 0.15) is 30.9 Å². The van der Waals surface area contributed by atoms with Crippen LogP contribution >= 0.6 is 0 Å². The molecule has 9 heteroatoms. The number of carbonyl (C=O) groups is 2. The van der Waals surface area contributed by atoms with Crippen LogP contribution in [0, 0.1) is 0 Å². The molecule has 2 aromatic carbocycles. The van der Waals surface area contributed by atoms with Gasteiger partial charge in [0.1, 0.15) is 10.9 Å². The van der Waals surface area contributed by atoms with Crippen molar-refractivity contribution in [3.63, 3.8) is 0 Å². The molecular formula is C22H24N4O4S. The molecule has 1 saturated heterocycles. The Bertz CT molecular complexity index is 1160. The molecule has 2 aliphatic rings. The van der Waals surface area contributed by atoms with Crippen molar-refractivity contribution in [3.05, 3.63) is 59.7 Å². The molecule has 2 aliphatic heterocycles. The maximum absolute atomic E-state index is 12.8. The molecule has 1 atom stereocenters. The van der Waals surface area contributed by atoms with Gasteiger partial charge in [0, 0.05) is 17.8 Å². The van der Waals surface area contributed by atoms with E-state index in [0.29, 0.717) is 24.4 Å². The summed E-state index contributed by atoms with van der Waals surface area (Å²) in [6.45, 7) is 2.37. The predicted octanol–water partition coefficient (Wildman–Crippen LogP) is 1.92. The zero-order valence-electron chi connectivity index (χ0n) is 17.2. The van der Waals surface area contributed by atoms with E-state index < -0.39 is 16.1 Å². The lowest BCUT2D eigenvalue weighted by Crippen LogP contribution is -2.47. The highest BCUT2D eigenvalue weighted by molar-refractivity contribution is 7.90. The first-order valence-corrected chi connectivity index (χ1v) is 11.7. The van der Waals surface area contributed by atoms with E-state index in [2.05, 4.69) is 15.0 Å². The van der Waals surface area contributed by atoms with Crippen LogP contribution in [0.25, 0.3) is 0 Å². The van der Waals surface area contributed by atoms with Crippen LogP contribution in [0.2, 0.25) is 0 Å². The summed E-state index contributed by atoms with van der Waals surface area (Å²) in [4.78, 5) is 27.1. The Morgan fingerprint density at radius 1 is 1.13 bits per heavy atom. The number of anilines is 1. The van der Waals surface area contributed by atoms with Gasteiger partial charge in [0.05, 0.1) is 6.54 Å². The van der Waals surface area contributed by atoms with Gasteiger partial charge in [-0.1, -0.05) is 37.3 Å². The van der Waals surface area contributed by atoms with Crippen LogP contribution in [-0.2, 0) is 26.0 Å². The Balaban J connectivity index is 1.43. The van der Waals surface area contributed by atoms with E-state index in [9.17, 15) is 18.0 Å². The van der Waals surface area contributed by atoms with E-state index in [1.165, 1.54) is 6.07 Å². The number of rotatable bonds is 5. The van der Waals surface area contributed by atoms with Crippen LogP contribution in [-0.4, -0.2) is 50.1 Å². The standard InChI is InChI=1S/C22H24N4O4S/c1-2-15-8-3-5-10-17(15)24-20(27)14-23-22(28)18-11-7-13-26(18)21-16-9-4-6-12-19(16)31(29,30)25-21/h3-6,8-10,12,18H,2,7,11,13-14H2,1H3,(H,23,28)(H,24,27)/t18-/m0/s1. The molecule has 4 rings (SSSR count). The summed E-state index contributed by atoms with van der Waals surface area (Å²) in [7, 11) is -3.76. The second-order valence-corrected chi connectivity index (χ2v) is 9.09. The molecule has 162 valence electrons. The Hall–Kier alpha value is -3.20. The van der Waals surface area contributed by atoms with Crippen molar-refractivity contribution in [1.82, 2.24) is 10.2 Å². The summed E-state index contributed by atoms with van der Waals surface area (Å²) >= 11 is 0. The quantitative estimate of drug-likeness (QED) is 0.739. The van der Waals surface area contributed by atoms with Gasteiger partial charge in [0.25, 0.3) is 10.0 Å². The molecule has 1 fully saturated rings. The maximum atomic E-state index is 12.8. The normalized spacial score (nSPS) is 18.9. The lowest BCUT2D eigenvalue weighted by atomic mass is 10.1. The van der Waals surface area contributed by atoms with Crippen LogP contribution in [0.5, 0.6) is 0 Å².